The van der Waals surface area contributed by atoms with Crippen LogP contribution in [0.3, 0.4) is 0 Å². The number of amides is 3. The number of carbonyl (C=O) groups excluding carboxylic acids is 3. The van der Waals surface area contributed by atoms with Crippen molar-refractivity contribution in [1.29, 1.82) is 5.41 Å². The minimum Gasteiger partial charge on any atom is -0.465 e. The number of nitrogens with zero attached hydrogens (tertiary/aromatic N) is 1. The van der Waals surface area contributed by atoms with E-state index in [-0.39, 0.29) is 25.5 Å². The Morgan fingerprint density at radius 2 is 1.90 bits per heavy atom. The number of carbonyl (C=O) groups is 4. The standard InChI is InChI=1S/C19H33FN6O5/c1-19(2,3)14(25-18(30)31)16(29)26-9-5-7-12(26)15(28)24-11(13(27)10-20)6-4-8-23-17(21)22/h11-12,14,25H,4-10H2,1-3H3,(H,24,28)(H,30,31)(H4,21,22,23). The molecule has 3 amide bonds. The number of halogens is 1. The summed E-state index contributed by atoms with van der Waals surface area (Å²) in [6.45, 7) is 4.44. The molecule has 3 unspecified atom stereocenters. The van der Waals surface area contributed by atoms with Crippen molar-refractivity contribution in [3.63, 3.8) is 0 Å². The first-order valence-corrected chi connectivity index (χ1v) is 10.1. The summed E-state index contributed by atoms with van der Waals surface area (Å²) in [6, 6.07) is -3.00. The highest BCUT2D eigenvalue weighted by Crippen LogP contribution is 2.26. The molecule has 3 atom stereocenters. The Kier molecular flexibility index (Phi) is 9.66. The number of ketones is 1. The van der Waals surface area contributed by atoms with Crippen molar-refractivity contribution in [2.45, 2.75) is 64.6 Å². The summed E-state index contributed by atoms with van der Waals surface area (Å²) in [5.41, 5.74) is 4.46. The molecule has 1 aliphatic rings. The zero-order valence-corrected chi connectivity index (χ0v) is 18.2. The lowest BCUT2D eigenvalue weighted by molar-refractivity contribution is -0.142. The molecule has 0 radical (unpaired) electrons. The number of nitrogens with two attached hydrogens (primary N) is 1. The molecule has 0 bridgehead atoms. The molecule has 0 saturated carbocycles. The molecule has 1 aliphatic heterocycles. The van der Waals surface area contributed by atoms with Crippen LogP contribution in [0.2, 0.25) is 0 Å². The predicted octanol–water partition coefficient (Wildman–Crippen LogP) is -0.0536. The maximum atomic E-state index is 13.0. The molecule has 1 saturated heterocycles. The molecule has 0 aromatic carbocycles. The van der Waals surface area contributed by atoms with Crippen LogP contribution >= 0.6 is 0 Å². The zero-order chi connectivity index (χ0) is 23.8. The summed E-state index contributed by atoms with van der Waals surface area (Å²) in [5.74, 6) is -2.13. The van der Waals surface area contributed by atoms with E-state index in [9.17, 15) is 23.6 Å². The second-order valence-corrected chi connectivity index (χ2v) is 8.58. The molecule has 7 N–H and O–H groups in total. The number of hydrogen-bond donors (Lipinski definition) is 6. The molecular weight excluding hydrogens is 411 g/mol. The maximum absolute atomic E-state index is 13.0. The summed E-state index contributed by atoms with van der Waals surface area (Å²) in [6.07, 6.45) is 0.0436. The fourth-order valence-corrected chi connectivity index (χ4v) is 3.44. The number of carboxylic acid groups (broad SMARTS) is 1. The topological polar surface area (TPSA) is 178 Å². The molecule has 12 heteroatoms. The van der Waals surface area contributed by atoms with E-state index in [1.165, 1.54) is 4.90 Å². The first-order chi connectivity index (χ1) is 14.4. The summed E-state index contributed by atoms with van der Waals surface area (Å²) in [4.78, 5) is 50.3. The molecule has 31 heavy (non-hydrogen) atoms. The first kappa shape index (κ1) is 26.1. The lowest BCUT2D eigenvalue weighted by Gasteiger charge is -2.35. The molecular formula is C19H33FN6O5. The van der Waals surface area contributed by atoms with E-state index < -0.39 is 53.9 Å². The van der Waals surface area contributed by atoms with Crippen LogP contribution in [0, 0.1) is 10.8 Å². The van der Waals surface area contributed by atoms with Crippen LogP contribution in [0.15, 0.2) is 0 Å². The highest BCUT2D eigenvalue weighted by molar-refractivity contribution is 5.95. The van der Waals surface area contributed by atoms with Gasteiger partial charge in [0.2, 0.25) is 11.8 Å². The van der Waals surface area contributed by atoms with Crippen molar-refractivity contribution >= 4 is 29.7 Å². The predicted molar refractivity (Wildman–Crippen MR) is 111 cm³/mol. The van der Waals surface area contributed by atoms with E-state index in [0.717, 1.165) is 0 Å². The van der Waals surface area contributed by atoms with Gasteiger partial charge in [-0.15, -0.1) is 0 Å². The third-order valence-electron chi connectivity index (χ3n) is 5.04. The highest BCUT2D eigenvalue weighted by Gasteiger charge is 2.42. The fraction of sp³-hybridized carbons (Fsp3) is 0.737. The van der Waals surface area contributed by atoms with Crippen molar-refractivity contribution in [3.8, 4) is 0 Å². The van der Waals surface area contributed by atoms with Gasteiger partial charge in [-0.3, -0.25) is 19.8 Å². The Hall–Kier alpha value is -2.92. The normalized spacial score (nSPS) is 18.1. The van der Waals surface area contributed by atoms with E-state index in [1.807, 2.05) is 0 Å². The number of nitrogens with one attached hydrogen (secondary N) is 4. The van der Waals surface area contributed by atoms with Crippen molar-refractivity contribution in [3.05, 3.63) is 0 Å². The van der Waals surface area contributed by atoms with Crippen molar-refractivity contribution in [2.24, 2.45) is 11.1 Å². The number of likely N-dealkylation sites (tertiary alicyclic amines) is 1. The Bertz CT molecular complexity index is 696. The van der Waals surface area contributed by atoms with E-state index in [2.05, 4.69) is 16.0 Å². The van der Waals surface area contributed by atoms with E-state index in [4.69, 9.17) is 16.2 Å². The third kappa shape index (κ3) is 8.02. The van der Waals surface area contributed by atoms with Gasteiger partial charge in [-0.1, -0.05) is 20.8 Å². The number of guanidine groups is 1. The van der Waals surface area contributed by atoms with Crippen LogP contribution in [0.1, 0.15) is 46.5 Å². The summed E-state index contributed by atoms with van der Waals surface area (Å²) >= 11 is 0. The van der Waals surface area contributed by atoms with Crippen LogP contribution in [0.25, 0.3) is 0 Å². The Morgan fingerprint density at radius 3 is 2.42 bits per heavy atom. The average Bonchev–Trinajstić information content (AvgIpc) is 3.16. The number of rotatable bonds is 10. The smallest absolute Gasteiger partial charge is 0.405 e. The van der Waals surface area contributed by atoms with Gasteiger partial charge in [0.05, 0.1) is 6.04 Å². The second kappa shape index (κ2) is 11.5. The van der Waals surface area contributed by atoms with Crippen LogP contribution in [0.4, 0.5) is 9.18 Å². The minimum absolute atomic E-state index is 0.140. The van der Waals surface area contributed by atoms with Gasteiger partial charge in [0, 0.05) is 13.1 Å². The molecule has 0 aliphatic carbocycles. The van der Waals surface area contributed by atoms with E-state index in [1.54, 1.807) is 20.8 Å². The lowest BCUT2D eigenvalue weighted by Crippen LogP contribution is -2.58. The van der Waals surface area contributed by atoms with Crippen molar-refractivity contribution < 1.29 is 28.7 Å². The van der Waals surface area contributed by atoms with Crippen LogP contribution in [-0.2, 0) is 14.4 Å². The summed E-state index contributed by atoms with van der Waals surface area (Å²) < 4.78 is 13.0. The van der Waals surface area contributed by atoms with Gasteiger partial charge in [-0.2, -0.15) is 0 Å². The molecule has 11 nitrogen and oxygen atoms in total. The minimum atomic E-state index is -1.35. The second-order valence-electron chi connectivity index (χ2n) is 8.58. The molecule has 0 spiro atoms. The number of alkyl halides is 1. The average molecular weight is 445 g/mol. The van der Waals surface area contributed by atoms with Crippen LogP contribution < -0.4 is 21.7 Å². The van der Waals surface area contributed by atoms with Gasteiger partial charge < -0.3 is 31.7 Å². The highest BCUT2D eigenvalue weighted by atomic mass is 19.1. The number of hydrogen-bond acceptors (Lipinski definition) is 5. The Morgan fingerprint density at radius 1 is 1.26 bits per heavy atom. The van der Waals surface area contributed by atoms with E-state index >= 15 is 0 Å². The Balaban J connectivity index is 2.88. The fourth-order valence-electron chi connectivity index (χ4n) is 3.44. The molecule has 0 aromatic rings. The largest absolute Gasteiger partial charge is 0.465 e. The molecule has 1 heterocycles. The lowest BCUT2D eigenvalue weighted by atomic mass is 9.85. The van der Waals surface area contributed by atoms with Gasteiger partial charge in [-0.25, -0.2) is 9.18 Å². The van der Waals surface area contributed by atoms with Crippen LogP contribution in [-0.4, -0.2) is 77.5 Å². The monoisotopic (exact) mass is 444 g/mol. The molecule has 1 fully saturated rings. The third-order valence-corrected chi connectivity index (χ3v) is 5.04. The van der Waals surface area contributed by atoms with Gasteiger partial charge in [-0.05, 0) is 31.1 Å². The van der Waals surface area contributed by atoms with Gasteiger partial charge in [0.25, 0.3) is 0 Å². The van der Waals surface area contributed by atoms with Gasteiger partial charge >= 0.3 is 6.09 Å². The molecule has 0 aromatic heterocycles. The summed E-state index contributed by atoms with van der Waals surface area (Å²) in [5, 5.41) is 23.5. The van der Waals surface area contributed by atoms with Gasteiger partial charge in [0.1, 0.15) is 18.8 Å². The molecule has 176 valence electrons. The molecule has 1 rings (SSSR count). The maximum Gasteiger partial charge on any atom is 0.405 e. The zero-order valence-electron chi connectivity index (χ0n) is 18.2. The SMILES string of the molecule is CC(C)(C)C(NC(=O)O)C(=O)N1CCCC1C(=O)NC(CCCNC(=N)N)C(=O)CF. The summed E-state index contributed by atoms with van der Waals surface area (Å²) in [7, 11) is 0. The Labute approximate surface area is 180 Å². The van der Waals surface area contributed by atoms with Crippen molar-refractivity contribution in [1.82, 2.24) is 20.9 Å². The van der Waals surface area contributed by atoms with E-state index in [0.29, 0.717) is 19.3 Å². The first-order valence-electron chi connectivity index (χ1n) is 10.1. The van der Waals surface area contributed by atoms with Crippen LogP contribution in [0.5, 0.6) is 0 Å². The van der Waals surface area contributed by atoms with Gasteiger partial charge in [0.15, 0.2) is 11.7 Å². The number of Topliss-reactive ketones (excluding diaryl/α,β-unsaturated/α-hetero) is 1. The van der Waals surface area contributed by atoms with Crippen molar-refractivity contribution in [2.75, 3.05) is 19.8 Å². The quantitative estimate of drug-likeness (QED) is 0.155.